The molecule has 0 saturated carbocycles. The van der Waals surface area contributed by atoms with E-state index in [-0.39, 0.29) is 10.8 Å². The van der Waals surface area contributed by atoms with E-state index in [0.717, 1.165) is 0 Å². The third-order valence-corrected chi connectivity index (χ3v) is 5.33. The van der Waals surface area contributed by atoms with Crippen molar-refractivity contribution in [3.8, 4) is 5.69 Å². The van der Waals surface area contributed by atoms with E-state index in [1.54, 1.807) is 24.3 Å². The summed E-state index contributed by atoms with van der Waals surface area (Å²) in [4.78, 5) is 8.64. The number of nitrogens with one attached hydrogen (secondary N) is 2. The minimum absolute atomic E-state index is 0.104. The normalized spacial score (nSPS) is 11.6. The molecule has 0 atom stereocenters. The van der Waals surface area contributed by atoms with Gasteiger partial charge in [-0.25, -0.2) is 22.5 Å². The summed E-state index contributed by atoms with van der Waals surface area (Å²) in [5.41, 5.74) is 1.76. The Bertz CT molecular complexity index is 1270. The summed E-state index contributed by atoms with van der Waals surface area (Å²) in [5, 5.41) is 10.9. The molecule has 0 unspecified atom stereocenters. The van der Waals surface area contributed by atoms with Gasteiger partial charge in [-0.2, -0.15) is 9.67 Å². The van der Waals surface area contributed by atoms with Gasteiger partial charge < -0.3 is 5.32 Å². The van der Waals surface area contributed by atoms with Crippen LogP contribution < -0.4 is 10.0 Å². The molecular weight excluding hydrogens is 385 g/mol. The van der Waals surface area contributed by atoms with Crippen LogP contribution in [0.15, 0.2) is 59.6 Å². The van der Waals surface area contributed by atoms with E-state index >= 15 is 0 Å². The summed E-state index contributed by atoms with van der Waals surface area (Å²) in [6.07, 6.45) is 1.47. The molecule has 0 saturated heterocycles. The fourth-order valence-corrected chi connectivity index (χ4v) is 3.33. The lowest BCUT2D eigenvalue weighted by Crippen LogP contribution is -2.18. The summed E-state index contributed by atoms with van der Waals surface area (Å²) in [5.74, 6) is -0.192. The number of halogens is 1. The minimum atomic E-state index is -3.58. The van der Waals surface area contributed by atoms with E-state index in [0.29, 0.717) is 22.5 Å². The zero-order valence-corrected chi connectivity index (χ0v) is 15.4. The first kappa shape index (κ1) is 17.9. The molecule has 2 N–H and O–H groups in total. The Morgan fingerprint density at radius 1 is 1.11 bits per heavy atom. The third kappa shape index (κ3) is 3.40. The summed E-state index contributed by atoms with van der Waals surface area (Å²) >= 11 is 0. The van der Waals surface area contributed by atoms with Crippen molar-refractivity contribution in [3.05, 3.63) is 60.5 Å². The predicted molar refractivity (Wildman–Crippen MR) is 100 cm³/mol. The maximum atomic E-state index is 13.5. The molecule has 0 aliphatic heterocycles. The third-order valence-electron chi connectivity index (χ3n) is 3.91. The van der Waals surface area contributed by atoms with Gasteiger partial charge in [-0.1, -0.05) is 17.3 Å². The van der Waals surface area contributed by atoms with Crippen molar-refractivity contribution in [1.82, 2.24) is 29.7 Å². The topological polar surface area (TPSA) is 115 Å². The summed E-state index contributed by atoms with van der Waals surface area (Å²) in [7, 11) is -2.24. The van der Waals surface area contributed by atoms with Crippen LogP contribution in [0.25, 0.3) is 16.9 Å². The molecule has 0 bridgehead atoms. The molecule has 28 heavy (non-hydrogen) atoms. The number of hydrogen-bond acceptors (Lipinski definition) is 7. The zero-order chi connectivity index (χ0) is 19.7. The van der Waals surface area contributed by atoms with Crippen molar-refractivity contribution < 1.29 is 12.8 Å². The maximum Gasteiger partial charge on any atom is 0.240 e. The Labute approximate surface area is 159 Å². The highest BCUT2D eigenvalue weighted by Crippen LogP contribution is 2.20. The Hall–Kier alpha value is -3.44. The van der Waals surface area contributed by atoms with E-state index in [2.05, 4.69) is 30.3 Å². The molecule has 142 valence electrons. The molecule has 2 aromatic heterocycles. The second kappa shape index (κ2) is 6.94. The first-order valence-electron chi connectivity index (χ1n) is 8.11. The molecule has 4 rings (SSSR count). The fourth-order valence-electron chi connectivity index (χ4n) is 2.56. The average Bonchev–Trinajstić information content (AvgIpc) is 3.11. The van der Waals surface area contributed by atoms with Gasteiger partial charge in [0, 0.05) is 5.69 Å². The van der Waals surface area contributed by atoms with Gasteiger partial charge in [-0.05, 0) is 43.4 Å². The van der Waals surface area contributed by atoms with Gasteiger partial charge in [0.05, 0.1) is 16.8 Å². The number of anilines is 2. The van der Waals surface area contributed by atoms with Crippen LogP contribution in [0.5, 0.6) is 0 Å². The lowest BCUT2D eigenvalue weighted by Gasteiger charge is -2.08. The molecule has 11 heteroatoms. The zero-order valence-electron chi connectivity index (χ0n) is 14.5. The molecular formula is C17H14FN7O2S. The van der Waals surface area contributed by atoms with E-state index in [1.165, 1.54) is 42.2 Å². The summed E-state index contributed by atoms with van der Waals surface area (Å²) in [6.45, 7) is 0. The summed E-state index contributed by atoms with van der Waals surface area (Å²) < 4.78 is 41.1. The standard InChI is InChI=1S/C17H14FN7O2S/c1-19-28(26,27)14-7-3-5-12(9-14)21-17-20-10-15-16(22-17)25(24-23-15)13-6-2-4-11(18)8-13/h2-10,19H,1H3,(H,20,21,22). The van der Waals surface area contributed by atoms with Crippen molar-refractivity contribution >= 4 is 32.8 Å². The number of nitrogens with zero attached hydrogens (tertiary/aromatic N) is 5. The van der Waals surface area contributed by atoms with Gasteiger partial charge in [0.25, 0.3) is 0 Å². The van der Waals surface area contributed by atoms with Crippen LogP contribution in [0.2, 0.25) is 0 Å². The molecule has 2 heterocycles. The Kier molecular flexibility index (Phi) is 4.45. The van der Waals surface area contributed by atoms with Crippen molar-refractivity contribution in [2.75, 3.05) is 12.4 Å². The number of hydrogen-bond donors (Lipinski definition) is 2. The van der Waals surface area contributed by atoms with Gasteiger partial charge in [-0.15, -0.1) is 5.10 Å². The van der Waals surface area contributed by atoms with Gasteiger partial charge >= 0.3 is 0 Å². The van der Waals surface area contributed by atoms with Crippen LogP contribution in [0.4, 0.5) is 16.0 Å². The number of benzene rings is 2. The van der Waals surface area contributed by atoms with E-state index in [1.807, 2.05) is 0 Å². The smallest absolute Gasteiger partial charge is 0.240 e. The highest BCUT2D eigenvalue weighted by atomic mass is 32.2. The molecule has 4 aromatic rings. The van der Waals surface area contributed by atoms with Gasteiger partial charge in [-0.3, -0.25) is 0 Å². The highest BCUT2D eigenvalue weighted by Gasteiger charge is 2.13. The van der Waals surface area contributed by atoms with Crippen molar-refractivity contribution in [1.29, 1.82) is 0 Å². The molecule has 0 spiro atoms. The Morgan fingerprint density at radius 3 is 2.71 bits per heavy atom. The van der Waals surface area contributed by atoms with E-state index in [9.17, 15) is 12.8 Å². The van der Waals surface area contributed by atoms with Crippen LogP contribution in [0, 0.1) is 5.82 Å². The van der Waals surface area contributed by atoms with Gasteiger partial charge in [0.2, 0.25) is 16.0 Å². The Morgan fingerprint density at radius 2 is 1.93 bits per heavy atom. The van der Waals surface area contributed by atoms with Gasteiger partial charge in [0.15, 0.2) is 11.2 Å². The first-order chi connectivity index (χ1) is 13.5. The molecule has 0 fully saturated rings. The predicted octanol–water partition coefficient (Wildman–Crippen LogP) is 2.00. The highest BCUT2D eigenvalue weighted by molar-refractivity contribution is 7.89. The number of sulfonamides is 1. The lowest BCUT2D eigenvalue weighted by molar-refractivity contribution is 0.588. The van der Waals surface area contributed by atoms with E-state index < -0.39 is 15.8 Å². The van der Waals surface area contributed by atoms with Crippen LogP contribution in [-0.2, 0) is 10.0 Å². The Balaban J connectivity index is 1.71. The molecule has 2 aromatic carbocycles. The molecule has 9 nitrogen and oxygen atoms in total. The SMILES string of the molecule is CNS(=O)(=O)c1cccc(Nc2ncc3nnn(-c4cccc(F)c4)c3n2)c1. The van der Waals surface area contributed by atoms with Crippen LogP contribution >= 0.6 is 0 Å². The number of aromatic nitrogens is 5. The van der Waals surface area contributed by atoms with Crippen LogP contribution in [0.3, 0.4) is 0 Å². The molecule has 0 aliphatic rings. The van der Waals surface area contributed by atoms with Crippen LogP contribution in [0.1, 0.15) is 0 Å². The largest absolute Gasteiger partial charge is 0.324 e. The maximum absolute atomic E-state index is 13.5. The van der Waals surface area contributed by atoms with E-state index in [4.69, 9.17) is 0 Å². The lowest BCUT2D eigenvalue weighted by atomic mass is 10.3. The second-order valence-corrected chi connectivity index (χ2v) is 7.63. The molecule has 0 amide bonds. The number of rotatable bonds is 5. The van der Waals surface area contributed by atoms with Gasteiger partial charge in [0.1, 0.15) is 5.82 Å². The summed E-state index contributed by atoms with van der Waals surface area (Å²) in [6, 6.07) is 12.1. The molecule has 0 aliphatic carbocycles. The fraction of sp³-hybridized carbons (Fsp3) is 0.0588. The van der Waals surface area contributed by atoms with Crippen molar-refractivity contribution in [3.63, 3.8) is 0 Å². The molecule has 0 radical (unpaired) electrons. The van der Waals surface area contributed by atoms with Crippen molar-refractivity contribution in [2.24, 2.45) is 0 Å². The first-order valence-corrected chi connectivity index (χ1v) is 9.59. The second-order valence-electron chi connectivity index (χ2n) is 5.74. The van der Waals surface area contributed by atoms with Crippen molar-refractivity contribution in [2.45, 2.75) is 4.90 Å². The quantitative estimate of drug-likeness (QED) is 0.527. The average molecular weight is 399 g/mol. The minimum Gasteiger partial charge on any atom is -0.324 e. The monoisotopic (exact) mass is 399 g/mol. The number of fused-ring (bicyclic) bond motifs is 1. The van der Waals surface area contributed by atoms with Crippen LogP contribution in [-0.4, -0.2) is 40.4 Å².